The number of aliphatic hydroxyl groups excluding tert-OH is 1. The van der Waals surface area contributed by atoms with Gasteiger partial charge < -0.3 is 10.4 Å². The molecule has 6 heteroatoms. The Balaban J connectivity index is 2.39. The number of carbonyl (C=O) groups excluding carboxylic acids is 1. The van der Waals surface area contributed by atoms with E-state index in [0.29, 0.717) is 25.1 Å². The summed E-state index contributed by atoms with van der Waals surface area (Å²) in [6.45, 7) is 2.50. The smallest absolute Gasteiger partial charge is 0.270 e. The minimum absolute atomic E-state index is 0.0691. The van der Waals surface area contributed by atoms with E-state index in [2.05, 4.69) is 26.2 Å². The Morgan fingerprint density at radius 2 is 2.32 bits per heavy atom. The fourth-order valence-electron chi connectivity index (χ4n) is 1.92. The zero-order chi connectivity index (χ0) is 13.8. The SMILES string of the molecule is CCc1nc2ccc(Br)cn2c1C(=O)NCCCO. The molecule has 0 spiro atoms. The van der Waals surface area contributed by atoms with Crippen LogP contribution in [0.1, 0.15) is 29.5 Å². The molecule has 2 aromatic rings. The van der Waals surface area contributed by atoms with Gasteiger partial charge in [-0.1, -0.05) is 6.92 Å². The third-order valence-corrected chi connectivity index (χ3v) is 3.29. The van der Waals surface area contributed by atoms with E-state index in [9.17, 15) is 4.79 Å². The highest BCUT2D eigenvalue weighted by Crippen LogP contribution is 2.17. The number of aromatic nitrogens is 2. The molecule has 2 aromatic heterocycles. The van der Waals surface area contributed by atoms with Crippen molar-refractivity contribution in [3.63, 3.8) is 0 Å². The van der Waals surface area contributed by atoms with E-state index >= 15 is 0 Å². The van der Waals surface area contributed by atoms with E-state index in [-0.39, 0.29) is 12.5 Å². The molecule has 2 heterocycles. The number of pyridine rings is 1. The molecule has 0 saturated heterocycles. The number of nitrogens with zero attached hydrogens (tertiary/aromatic N) is 2. The van der Waals surface area contributed by atoms with Crippen LogP contribution >= 0.6 is 15.9 Å². The highest BCUT2D eigenvalue weighted by atomic mass is 79.9. The van der Waals surface area contributed by atoms with Crippen molar-refractivity contribution in [3.05, 3.63) is 34.2 Å². The Labute approximate surface area is 119 Å². The second-order valence-corrected chi connectivity index (χ2v) is 5.08. The molecular weight excluding hydrogens is 310 g/mol. The van der Waals surface area contributed by atoms with Gasteiger partial charge in [0.25, 0.3) is 5.91 Å². The highest BCUT2D eigenvalue weighted by molar-refractivity contribution is 9.10. The maximum absolute atomic E-state index is 12.2. The molecular formula is C13H16BrN3O2. The van der Waals surface area contributed by atoms with Crippen LogP contribution in [-0.4, -0.2) is 33.6 Å². The summed E-state index contributed by atoms with van der Waals surface area (Å²) < 4.78 is 2.68. The Kier molecular flexibility index (Phi) is 4.55. The number of aryl methyl sites for hydroxylation is 1. The quantitative estimate of drug-likeness (QED) is 0.823. The van der Waals surface area contributed by atoms with Gasteiger partial charge in [0, 0.05) is 23.8 Å². The Bertz CT molecular complexity index is 595. The van der Waals surface area contributed by atoms with Crippen LogP contribution in [0.15, 0.2) is 22.8 Å². The van der Waals surface area contributed by atoms with Crippen molar-refractivity contribution in [2.45, 2.75) is 19.8 Å². The minimum atomic E-state index is -0.157. The number of aliphatic hydroxyl groups is 1. The number of imidazole rings is 1. The number of hydrogen-bond acceptors (Lipinski definition) is 3. The fraction of sp³-hybridized carbons (Fsp3) is 0.385. The number of rotatable bonds is 5. The molecule has 102 valence electrons. The molecule has 0 aliphatic carbocycles. The third kappa shape index (κ3) is 2.96. The van der Waals surface area contributed by atoms with Crippen molar-refractivity contribution >= 4 is 27.5 Å². The molecule has 0 unspecified atom stereocenters. The van der Waals surface area contributed by atoms with E-state index in [4.69, 9.17) is 5.11 Å². The third-order valence-electron chi connectivity index (χ3n) is 2.83. The van der Waals surface area contributed by atoms with E-state index < -0.39 is 0 Å². The van der Waals surface area contributed by atoms with Crippen LogP contribution in [0.4, 0.5) is 0 Å². The molecule has 0 fully saturated rings. The Hall–Kier alpha value is -1.40. The number of nitrogens with one attached hydrogen (secondary N) is 1. The topological polar surface area (TPSA) is 66.6 Å². The molecule has 0 bridgehead atoms. The zero-order valence-electron chi connectivity index (χ0n) is 10.7. The van der Waals surface area contributed by atoms with Gasteiger partial charge in [-0.25, -0.2) is 4.98 Å². The number of amides is 1. The van der Waals surface area contributed by atoms with Gasteiger partial charge in [-0.3, -0.25) is 9.20 Å². The second-order valence-electron chi connectivity index (χ2n) is 4.17. The van der Waals surface area contributed by atoms with E-state index in [1.165, 1.54) is 0 Å². The monoisotopic (exact) mass is 325 g/mol. The van der Waals surface area contributed by atoms with Gasteiger partial charge in [0.1, 0.15) is 11.3 Å². The zero-order valence-corrected chi connectivity index (χ0v) is 12.3. The summed E-state index contributed by atoms with van der Waals surface area (Å²) in [4.78, 5) is 16.7. The number of carbonyl (C=O) groups is 1. The van der Waals surface area contributed by atoms with E-state index in [1.54, 1.807) is 4.40 Å². The van der Waals surface area contributed by atoms with Crippen LogP contribution in [0.5, 0.6) is 0 Å². The van der Waals surface area contributed by atoms with E-state index in [1.807, 2.05) is 25.3 Å². The number of hydrogen-bond donors (Lipinski definition) is 2. The molecule has 2 rings (SSSR count). The number of halogens is 1. The van der Waals surface area contributed by atoms with Crippen LogP contribution in [0.2, 0.25) is 0 Å². The molecule has 1 amide bonds. The lowest BCUT2D eigenvalue weighted by molar-refractivity contribution is 0.0944. The first-order chi connectivity index (χ1) is 9.17. The first-order valence-corrected chi connectivity index (χ1v) is 7.02. The summed E-state index contributed by atoms with van der Waals surface area (Å²) >= 11 is 3.40. The van der Waals surface area contributed by atoms with Crippen molar-refractivity contribution in [2.75, 3.05) is 13.2 Å². The number of fused-ring (bicyclic) bond motifs is 1. The largest absolute Gasteiger partial charge is 0.396 e. The average Bonchev–Trinajstić information content (AvgIpc) is 2.76. The van der Waals surface area contributed by atoms with Gasteiger partial charge >= 0.3 is 0 Å². The summed E-state index contributed by atoms with van der Waals surface area (Å²) in [7, 11) is 0. The summed E-state index contributed by atoms with van der Waals surface area (Å²) in [5.74, 6) is -0.157. The normalized spacial score (nSPS) is 10.9. The molecule has 5 nitrogen and oxygen atoms in total. The van der Waals surface area contributed by atoms with Gasteiger partial charge in [-0.05, 0) is 40.9 Å². The predicted octanol–water partition coefficient (Wildman–Crippen LogP) is 1.77. The van der Waals surface area contributed by atoms with Crippen LogP contribution in [0.3, 0.4) is 0 Å². The van der Waals surface area contributed by atoms with E-state index in [0.717, 1.165) is 15.8 Å². The van der Waals surface area contributed by atoms with Gasteiger partial charge in [0.2, 0.25) is 0 Å². The highest BCUT2D eigenvalue weighted by Gasteiger charge is 2.17. The maximum Gasteiger partial charge on any atom is 0.270 e. The molecule has 0 saturated carbocycles. The van der Waals surface area contributed by atoms with Gasteiger partial charge in [0.15, 0.2) is 0 Å². The van der Waals surface area contributed by atoms with Crippen LogP contribution < -0.4 is 5.32 Å². The lowest BCUT2D eigenvalue weighted by Crippen LogP contribution is -2.27. The lowest BCUT2D eigenvalue weighted by Gasteiger charge is -2.06. The van der Waals surface area contributed by atoms with Crippen LogP contribution in [-0.2, 0) is 6.42 Å². The molecule has 0 radical (unpaired) electrons. The molecule has 2 N–H and O–H groups in total. The Morgan fingerprint density at radius 3 is 3.00 bits per heavy atom. The maximum atomic E-state index is 12.2. The Morgan fingerprint density at radius 1 is 1.53 bits per heavy atom. The molecule has 0 aliphatic rings. The molecule has 19 heavy (non-hydrogen) atoms. The predicted molar refractivity (Wildman–Crippen MR) is 76.3 cm³/mol. The second kappa shape index (κ2) is 6.16. The summed E-state index contributed by atoms with van der Waals surface area (Å²) in [5.41, 5.74) is 2.10. The van der Waals surface area contributed by atoms with Crippen LogP contribution in [0, 0.1) is 0 Å². The molecule has 0 aliphatic heterocycles. The van der Waals surface area contributed by atoms with Crippen molar-refractivity contribution < 1.29 is 9.90 Å². The molecule has 0 aromatic carbocycles. The van der Waals surface area contributed by atoms with Crippen molar-refractivity contribution in [2.24, 2.45) is 0 Å². The lowest BCUT2D eigenvalue weighted by atomic mass is 10.2. The first-order valence-electron chi connectivity index (χ1n) is 6.23. The van der Waals surface area contributed by atoms with Gasteiger partial charge in [-0.2, -0.15) is 0 Å². The van der Waals surface area contributed by atoms with Crippen LogP contribution in [0.25, 0.3) is 5.65 Å². The van der Waals surface area contributed by atoms with Gasteiger partial charge in [-0.15, -0.1) is 0 Å². The standard InChI is InChI=1S/C13H16BrN3O2/c1-2-10-12(13(19)15-6-3-7-18)17-8-9(14)4-5-11(17)16-10/h4-5,8,18H,2-3,6-7H2,1H3,(H,15,19). The van der Waals surface area contributed by atoms with Crippen molar-refractivity contribution in [3.8, 4) is 0 Å². The van der Waals surface area contributed by atoms with Crippen molar-refractivity contribution in [1.82, 2.24) is 14.7 Å². The van der Waals surface area contributed by atoms with Gasteiger partial charge in [0.05, 0.1) is 5.69 Å². The summed E-state index contributed by atoms with van der Waals surface area (Å²) in [6, 6.07) is 3.77. The summed E-state index contributed by atoms with van der Waals surface area (Å²) in [6.07, 6.45) is 3.08. The minimum Gasteiger partial charge on any atom is -0.396 e. The first kappa shape index (κ1) is 14.0. The molecule has 0 atom stereocenters. The fourth-order valence-corrected chi connectivity index (χ4v) is 2.26. The van der Waals surface area contributed by atoms with Crippen molar-refractivity contribution in [1.29, 1.82) is 0 Å². The summed E-state index contributed by atoms with van der Waals surface area (Å²) in [5, 5.41) is 11.5. The average molecular weight is 326 g/mol.